The number of nitrogens with two attached hydrogens (primary N) is 1. The number of hydrogen-bond acceptors (Lipinski definition) is 2. The van der Waals surface area contributed by atoms with Crippen LogP contribution in [-0.4, -0.2) is 29.3 Å². The van der Waals surface area contributed by atoms with Gasteiger partial charge >= 0.3 is 0 Å². The van der Waals surface area contributed by atoms with Crippen LogP contribution in [0.1, 0.15) is 24.8 Å². The summed E-state index contributed by atoms with van der Waals surface area (Å²) >= 11 is 0. The van der Waals surface area contributed by atoms with Gasteiger partial charge in [-0.25, -0.2) is 0 Å². The molecule has 1 fully saturated rings. The van der Waals surface area contributed by atoms with E-state index in [-0.39, 0.29) is 5.91 Å². The highest BCUT2D eigenvalue weighted by Gasteiger charge is 2.32. The third kappa shape index (κ3) is 2.96. The number of benzene rings is 2. The van der Waals surface area contributed by atoms with E-state index in [1.165, 1.54) is 10.8 Å². The van der Waals surface area contributed by atoms with Crippen LogP contribution >= 0.6 is 0 Å². The first-order valence-corrected chi connectivity index (χ1v) is 7.71. The molecule has 0 radical (unpaired) electrons. The summed E-state index contributed by atoms with van der Waals surface area (Å²) in [6, 6.07) is 14.0. The second-order valence-corrected chi connectivity index (χ2v) is 5.83. The SMILES string of the molecule is NC(=O)[C@@H]1CCCN1C(=O)CCc1ccc2ccccc2c1. The standard InChI is InChI=1S/C18H20N2O2/c19-18(22)16-6-3-11-20(16)17(21)10-8-13-7-9-14-4-1-2-5-15(14)12-13/h1-2,4-5,7,9,12,16H,3,6,8,10-11H2,(H2,19,22)/t16-/m0/s1. The third-order valence-electron chi connectivity index (χ3n) is 4.34. The molecule has 0 saturated carbocycles. The molecule has 1 aliphatic rings. The third-order valence-corrected chi connectivity index (χ3v) is 4.34. The van der Waals surface area contributed by atoms with Crippen LogP contribution in [0.15, 0.2) is 42.5 Å². The van der Waals surface area contributed by atoms with E-state index in [1.807, 2.05) is 12.1 Å². The number of rotatable bonds is 4. The topological polar surface area (TPSA) is 63.4 Å². The molecule has 114 valence electrons. The summed E-state index contributed by atoms with van der Waals surface area (Å²) in [5, 5.41) is 2.38. The molecule has 2 aromatic carbocycles. The zero-order valence-electron chi connectivity index (χ0n) is 12.5. The summed E-state index contributed by atoms with van der Waals surface area (Å²) in [6.07, 6.45) is 2.65. The predicted molar refractivity (Wildman–Crippen MR) is 86.2 cm³/mol. The van der Waals surface area contributed by atoms with E-state index < -0.39 is 11.9 Å². The van der Waals surface area contributed by atoms with Gasteiger partial charge in [-0.05, 0) is 35.6 Å². The van der Waals surface area contributed by atoms with Crippen LogP contribution in [0.25, 0.3) is 10.8 Å². The lowest BCUT2D eigenvalue weighted by Gasteiger charge is -2.22. The van der Waals surface area contributed by atoms with Crippen molar-refractivity contribution < 1.29 is 9.59 Å². The van der Waals surface area contributed by atoms with Gasteiger partial charge in [0.05, 0.1) is 0 Å². The van der Waals surface area contributed by atoms with Gasteiger partial charge in [-0.15, -0.1) is 0 Å². The fourth-order valence-electron chi connectivity index (χ4n) is 3.15. The van der Waals surface area contributed by atoms with E-state index in [0.29, 0.717) is 25.8 Å². The second-order valence-electron chi connectivity index (χ2n) is 5.83. The second kappa shape index (κ2) is 6.18. The Morgan fingerprint density at radius 1 is 1.14 bits per heavy atom. The Hall–Kier alpha value is -2.36. The van der Waals surface area contributed by atoms with Crippen molar-refractivity contribution in [3.05, 3.63) is 48.0 Å². The first kappa shape index (κ1) is 14.6. The number of carbonyl (C=O) groups is 2. The molecule has 1 aliphatic heterocycles. The van der Waals surface area contributed by atoms with Gasteiger partial charge in [0.25, 0.3) is 0 Å². The lowest BCUT2D eigenvalue weighted by Crippen LogP contribution is -2.43. The highest BCUT2D eigenvalue weighted by atomic mass is 16.2. The Morgan fingerprint density at radius 3 is 2.68 bits per heavy atom. The Balaban J connectivity index is 1.66. The molecule has 0 spiro atoms. The van der Waals surface area contributed by atoms with E-state index in [1.54, 1.807) is 4.90 Å². The van der Waals surface area contributed by atoms with Gasteiger partial charge in [0, 0.05) is 13.0 Å². The Morgan fingerprint density at radius 2 is 1.91 bits per heavy atom. The van der Waals surface area contributed by atoms with Gasteiger partial charge in [0.2, 0.25) is 11.8 Å². The zero-order valence-corrected chi connectivity index (χ0v) is 12.5. The summed E-state index contributed by atoms with van der Waals surface area (Å²) in [5.41, 5.74) is 6.50. The smallest absolute Gasteiger partial charge is 0.240 e. The van der Waals surface area contributed by atoms with Crippen LogP contribution in [0, 0.1) is 0 Å². The Bertz CT molecular complexity index is 711. The van der Waals surface area contributed by atoms with Crippen molar-refractivity contribution in [3.8, 4) is 0 Å². The highest BCUT2D eigenvalue weighted by Crippen LogP contribution is 2.20. The molecule has 1 atom stereocenters. The number of carbonyl (C=O) groups excluding carboxylic acids is 2. The first-order valence-electron chi connectivity index (χ1n) is 7.71. The minimum Gasteiger partial charge on any atom is -0.368 e. The van der Waals surface area contributed by atoms with Crippen molar-refractivity contribution in [2.24, 2.45) is 5.73 Å². The van der Waals surface area contributed by atoms with Crippen molar-refractivity contribution >= 4 is 22.6 Å². The van der Waals surface area contributed by atoms with Gasteiger partial charge in [-0.2, -0.15) is 0 Å². The van der Waals surface area contributed by atoms with Crippen LogP contribution in [-0.2, 0) is 16.0 Å². The molecule has 2 aromatic rings. The first-order chi connectivity index (χ1) is 10.6. The molecule has 4 heteroatoms. The summed E-state index contributed by atoms with van der Waals surface area (Å²) in [6.45, 7) is 0.643. The molecule has 22 heavy (non-hydrogen) atoms. The Labute approximate surface area is 129 Å². The number of primary amides is 1. The number of likely N-dealkylation sites (tertiary alicyclic amines) is 1. The summed E-state index contributed by atoms with van der Waals surface area (Å²) < 4.78 is 0. The lowest BCUT2D eigenvalue weighted by molar-refractivity contribution is -0.137. The lowest BCUT2D eigenvalue weighted by atomic mass is 10.0. The largest absolute Gasteiger partial charge is 0.368 e. The molecular weight excluding hydrogens is 276 g/mol. The molecule has 1 heterocycles. The van der Waals surface area contributed by atoms with Gasteiger partial charge in [-0.1, -0.05) is 42.5 Å². The van der Waals surface area contributed by atoms with E-state index in [4.69, 9.17) is 5.73 Å². The van der Waals surface area contributed by atoms with E-state index in [2.05, 4.69) is 30.3 Å². The molecule has 0 unspecified atom stereocenters. The zero-order chi connectivity index (χ0) is 15.5. The molecule has 3 rings (SSSR count). The number of fused-ring (bicyclic) bond motifs is 1. The maximum absolute atomic E-state index is 12.3. The van der Waals surface area contributed by atoms with Crippen LogP contribution in [0.4, 0.5) is 0 Å². The number of hydrogen-bond donors (Lipinski definition) is 1. The molecule has 0 aromatic heterocycles. The molecular formula is C18H20N2O2. The maximum atomic E-state index is 12.3. The average molecular weight is 296 g/mol. The van der Waals surface area contributed by atoms with E-state index in [9.17, 15) is 9.59 Å². The molecule has 2 N–H and O–H groups in total. The van der Waals surface area contributed by atoms with Gasteiger partial charge < -0.3 is 10.6 Å². The highest BCUT2D eigenvalue weighted by molar-refractivity contribution is 5.87. The van der Waals surface area contributed by atoms with Gasteiger partial charge in [0.1, 0.15) is 6.04 Å². The minimum absolute atomic E-state index is 0.0226. The molecule has 0 aliphatic carbocycles. The molecule has 2 amide bonds. The number of nitrogens with zero attached hydrogens (tertiary/aromatic N) is 1. The van der Waals surface area contributed by atoms with E-state index >= 15 is 0 Å². The fraction of sp³-hybridized carbons (Fsp3) is 0.333. The van der Waals surface area contributed by atoms with Crippen LogP contribution in [0.3, 0.4) is 0 Å². The van der Waals surface area contributed by atoms with Gasteiger partial charge in [-0.3, -0.25) is 9.59 Å². The normalized spacial score (nSPS) is 17.8. The summed E-state index contributed by atoms with van der Waals surface area (Å²) in [5.74, 6) is -0.369. The quantitative estimate of drug-likeness (QED) is 0.940. The molecule has 4 nitrogen and oxygen atoms in total. The van der Waals surface area contributed by atoms with Crippen molar-refractivity contribution in [2.45, 2.75) is 31.7 Å². The average Bonchev–Trinajstić information content (AvgIpc) is 3.02. The predicted octanol–water partition coefficient (Wildman–Crippen LogP) is 2.25. The number of aryl methyl sites for hydroxylation is 1. The minimum atomic E-state index is -0.413. The van der Waals surface area contributed by atoms with Crippen molar-refractivity contribution in [1.29, 1.82) is 0 Å². The van der Waals surface area contributed by atoms with Crippen LogP contribution in [0.2, 0.25) is 0 Å². The number of amides is 2. The van der Waals surface area contributed by atoms with Gasteiger partial charge in [0.15, 0.2) is 0 Å². The van der Waals surface area contributed by atoms with E-state index in [0.717, 1.165) is 12.0 Å². The van der Waals surface area contributed by atoms with Crippen molar-refractivity contribution in [1.82, 2.24) is 4.90 Å². The van der Waals surface area contributed by atoms with Crippen LogP contribution < -0.4 is 5.73 Å². The van der Waals surface area contributed by atoms with Crippen molar-refractivity contribution in [3.63, 3.8) is 0 Å². The van der Waals surface area contributed by atoms with Crippen LogP contribution in [0.5, 0.6) is 0 Å². The van der Waals surface area contributed by atoms with Crippen molar-refractivity contribution in [2.75, 3.05) is 6.54 Å². The molecule has 0 bridgehead atoms. The Kier molecular flexibility index (Phi) is 4.09. The monoisotopic (exact) mass is 296 g/mol. The molecule has 1 saturated heterocycles. The fourth-order valence-corrected chi connectivity index (χ4v) is 3.15. The maximum Gasteiger partial charge on any atom is 0.240 e. The summed E-state index contributed by atoms with van der Waals surface area (Å²) in [4.78, 5) is 25.3. The summed E-state index contributed by atoms with van der Waals surface area (Å²) in [7, 11) is 0.